The summed E-state index contributed by atoms with van der Waals surface area (Å²) in [4.78, 5) is 14.5. The average molecular weight is 567 g/mol. The molecule has 4 heteroatoms. The van der Waals surface area contributed by atoms with Gasteiger partial charge in [-0.25, -0.2) is 15.0 Å². The molecule has 4 nitrogen and oxygen atoms in total. The molecule has 0 saturated carbocycles. The lowest BCUT2D eigenvalue weighted by Crippen LogP contribution is -2.02. The minimum atomic E-state index is 0.582. The Morgan fingerprint density at radius 2 is 1.07 bits per heavy atom. The van der Waals surface area contributed by atoms with Crippen LogP contribution < -0.4 is 0 Å². The van der Waals surface area contributed by atoms with E-state index in [9.17, 15) is 0 Å². The molecule has 2 aromatic heterocycles. The number of aromatic nitrogens is 4. The van der Waals surface area contributed by atoms with Gasteiger partial charge in [0.25, 0.3) is 0 Å². The Kier molecular flexibility index (Phi) is 7.23. The van der Waals surface area contributed by atoms with Gasteiger partial charge in [0, 0.05) is 33.2 Å². The summed E-state index contributed by atoms with van der Waals surface area (Å²) in [5, 5.41) is 2.52. The number of benzene rings is 5. The van der Waals surface area contributed by atoms with E-state index >= 15 is 0 Å². The van der Waals surface area contributed by atoms with Gasteiger partial charge in [0.15, 0.2) is 17.5 Å². The molecule has 0 aliphatic heterocycles. The number of nitrogens with zero attached hydrogens (tertiary/aromatic N) is 4. The van der Waals surface area contributed by atoms with Crippen LogP contribution in [0.2, 0.25) is 0 Å². The van der Waals surface area contributed by atoms with Gasteiger partial charge in [-0.1, -0.05) is 134 Å². The summed E-state index contributed by atoms with van der Waals surface area (Å²) >= 11 is 0. The molecule has 0 aliphatic rings. The van der Waals surface area contributed by atoms with Crippen LogP contribution in [0.5, 0.6) is 0 Å². The predicted molar refractivity (Wildman–Crippen MR) is 183 cm³/mol. The zero-order valence-electron chi connectivity index (χ0n) is 24.4. The SMILES string of the molecule is C=C/C(=C\C=C(/C)c1ccc(-n2c3ccccc3c3ccccc32)cc1)c1nc(-c2ccccc2)nc(-c2ccccc2)n1. The van der Waals surface area contributed by atoms with E-state index in [4.69, 9.17) is 15.0 Å². The molecule has 0 spiro atoms. The molecule has 0 radical (unpaired) electrons. The van der Waals surface area contributed by atoms with Crippen LogP contribution in [0.25, 0.3) is 61.4 Å². The van der Waals surface area contributed by atoms with E-state index in [2.05, 4.69) is 96.9 Å². The van der Waals surface area contributed by atoms with E-state index in [0.717, 1.165) is 33.5 Å². The predicted octanol–water partition coefficient (Wildman–Crippen LogP) is 9.98. The summed E-state index contributed by atoms with van der Waals surface area (Å²) < 4.78 is 2.33. The van der Waals surface area contributed by atoms with Gasteiger partial charge in [-0.2, -0.15) is 0 Å². The van der Waals surface area contributed by atoms with E-state index < -0.39 is 0 Å². The fraction of sp³-hybridized carbons (Fsp3) is 0.0250. The van der Waals surface area contributed by atoms with E-state index in [0.29, 0.717) is 17.5 Å². The highest BCUT2D eigenvalue weighted by Gasteiger charge is 2.13. The number of hydrogen-bond acceptors (Lipinski definition) is 3. The highest BCUT2D eigenvalue weighted by molar-refractivity contribution is 6.09. The Morgan fingerprint density at radius 1 is 0.568 bits per heavy atom. The molecule has 0 atom stereocenters. The number of hydrogen-bond donors (Lipinski definition) is 0. The summed E-state index contributed by atoms with van der Waals surface area (Å²) in [5.74, 6) is 1.84. The monoisotopic (exact) mass is 566 g/mol. The van der Waals surface area contributed by atoms with Gasteiger partial charge in [-0.05, 0) is 42.3 Å². The van der Waals surface area contributed by atoms with Gasteiger partial charge in [-0.15, -0.1) is 0 Å². The molecule has 0 N–H and O–H groups in total. The van der Waals surface area contributed by atoms with Crippen molar-refractivity contribution in [3.63, 3.8) is 0 Å². The van der Waals surface area contributed by atoms with Crippen LogP contribution in [0.15, 0.2) is 158 Å². The average Bonchev–Trinajstić information content (AvgIpc) is 3.43. The van der Waals surface area contributed by atoms with Crippen molar-refractivity contribution in [2.75, 3.05) is 0 Å². The van der Waals surface area contributed by atoms with Crippen molar-refractivity contribution in [1.82, 2.24) is 19.5 Å². The highest BCUT2D eigenvalue weighted by atomic mass is 15.0. The number of rotatable bonds is 7. The summed E-state index contributed by atoms with van der Waals surface area (Å²) in [7, 11) is 0. The second kappa shape index (κ2) is 11.8. The third kappa shape index (κ3) is 5.14. The highest BCUT2D eigenvalue weighted by Crippen LogP contribution is 2.32. The quantitative estimate of drug-likeness (QED) is 0.180. The first-order chi connectivity index (χ1) is 21.7. The normalized spacial score (nSPS) is 12.1. The maximum absolute atomic E-state index is 4.85. The summed E-state index contributed by atoms with van der Waals surface area (Å²) in [6.07, 6.45) is 5.93. The summed E-state index contributed by atoms with van der Waals surface area (Å²) in [5.41, 5.74) is 8.50. The Balaban J connectivity index is 1.24. The zero-order chi connectivity index (χ0) is 29.9. The van der Waals surface area contributed by atoms with E-state index in [1.165, 1.54) is 21.8 Å². The van der Waals surface area contributed by atoms with Crippen molar-refractivity contribution < 1.29 is 0 Å². The van der Waals surface area contributed by atoms with Gasteiger partial charge in [0.1, 0.15) is 0 Å². The molecule has 7 rings (SSSR count). The molecular weight excluding hydrogens is 536 g/mol. The Hall–Kier alpha value is -5.87. The molecule has 7 aromatic rings. The fourth-order valence-electron chi connectivity index (χ4n) is 5.56. The van der Waals surface area contributed by atoms with Crippen molar-refractivity contribution in [1.29, 1.82) is 0 Å². The summed E-state index contributed by atoms with van der Waals surface area (Å²) in [6, 6.07) is 45.9. The van der Waals surface area contributed by atoms with Crippen LogP contribution >= 0.6 is 0 Å². The molecule has 0 unspecified atom stereocenters. The van der Waals surface area contributed by atoms with Crippen LogP contribution in [0.1, 0.15) is 18.3 Å². The third-order valence-electron chi connectivity index (χ3n) is 7.85. The molecule has 210 valence electrons. The van der Waals surface area contributed by atoms with Crippen molar-refractivity contribution in [2.45, 2.75) is 6.92 Å². The third-order valence-corrected chi connectivity index (χ3v) is 7.85. The van der Waals surface area contributed by atoms with Gasteiger partial charge in [-0.3, -0.25) is 0 Å². The van der Waals surface area contributed by atoms with Crippen molar-refractivity contribution >= 4 is 33.0 Å². The minimum Gasteiger partial charge on any atom is -0.309 e. The lowest BCUT2D eigenvalue weighted by molar-refractivity contribution is 1.04. The minimum absolute atomic E-state index is 0.582. The van der Waals surface area contributed by atoms with Crippen LogP contribution in [0, 0.1) is 0 Å². The lowest BCUT2D eigenvalue weighted by atomic mass is 10.1. The molecule has 0 saturated heterocycles. The second-order valence-corrected chi connectivity index (χ2v) is 10.6. The fourth-order valence-corrected chi connectivity index (χ4v) is 5.56. The second-order valence-electron chi connectivity index (χ2n) is 10.6. The Labute approximate surface area is 257 Å². The van der Waals surface area contributed by atoms with Gasteiger partial charge >= 0.3 is 0 Å². The van der Waals surface area contributed by atoms with Crippen LogP contribution in [0.4, 0.5) is 0 Å². The Morgan fingerprint density at radius 3 is 1.59 bits per heavy atom. The van der Waals surface area contributed by atoms with Crippen LogP contribution in [-0.4, -0.2) is 19.5 Å². The molecule has 0 aliphatic carbocycles. The molecule has 0 fully saturated rings. The molecular formula is C40H30N4. The summed E-state index contributed by atoms with van der Waals surface area (Å²) in [6.45, 7) is 6.20. The van der Waals surface area contributed by atoms with Crippen LogP contribution in [-0.2, 0) is 0 Å². The first-order valence-corrected chi connectivity index (χ1v) is 14.7. The zero-order valence-corrected chi connectivity index (χ0v) is 24.4. The standard InChI is InChI=1S/C40H30N4/c1-3-29(38-41-39(31-14-6-4-7-15-31)43-40(42-38)32-16-8-5-9-17-32)23-22-28(2)30-24-26-33(27-25-30)44-36-20-12-10-18-34(36)35-19-11-13-21-37(35)44/h3-27H,1H2,2H3/b28-22+,29-23+. The first-order valence-electron chi connectivity index (χ1n) is 14.7. The molecule has 0 amide bonds. The van der Waals surface area contributed by atoms with E-state index in [1.54, 1.807) is 6.08 Å². The molecule has 44 heavy (non-hydrogen) atoms. The lowest BCUT2D eigenvalue weighted by Gasteiger charge is -2.10. The first kappa shape index (κ1) is 27.0. The van der Waals surface area contributed by atoms with Crippen molar-refractivity contribution in [3.8, 4) is 28.5 Å². The van der Waals surface area contributed by atoms with Gasteiger partial charge in [0.2, 0.25) is 0 Å². The Bertz CT molecular complexity index is 2060. The number of fused-ring (bicyclic) bond motifs is 3. The largest absolute Gasteiger partial charge is 0.309 e. The van der Waals surface area contributed by atoms with Crippen molar-refractivity contribution in [3.05, 3.63) is 170 Å². The van der Waals surface area contributed by atoms with Crippen molar-refractivity contribution in [2.24, 2.45) is 0 Å². The molecule has 2 heterocycles. The number of allylic oxidation sites excluding steroid dienone is 5. The van der Waals surface area contributed by atoms with Gasteiger partial charge in [0.05, 0.1) is 11.0 Å². The van der Waals surface area contributed by atoms with E-state index in [1.807, 2.05) is 66.7 Å². The van der Waals surface area contributed by atoms with Crippen LogP contribution in [0.3, 0.4) is 0 Å². The maximum atomic E-state index is 4.85. The smallest absolute Gasteiger partial charge is 0.164 e. The number of para-hydroxylation sites is 2. The van der Waals surface area contributed by atoms with E-state index in [-0.39, 0.29) is 0 Å². The van der Waals surface area contributed by atoms with Gasteiger partial charge < -0.3 is 4.57 Å². The maximum Gasteiger partial charge on any atom is 0.164 e. The topological polar surface area (TPSA) is 43.6 Å². The molecule has 0 bridgehead atoms. The molecule has 5 aromatic carbocycles.